The number of rotatable bonds is 4. The average molecular weight is 222 g/mol. The Morgan fingerprint density at radius 1 is 0.882 bits per heavy atom. The third-order valence-electron chi connectivity index (χ3n) is 2.83. The molecule has 2 rings (SSSR count). The zero-order valence-corrected chi connectivity index (χ0v) is 10.3. The van der Waals surface area contributed by atoms with Gasteiger partial charge in [-0.05, 0) is 30.9 Å². The van der Waals surface area contributed by atoms with Gasteiger partial charge < -0.3 is 0 Å². The number of allylic oxidation sites excluding steroid dienone is 1. The summed E-state index contributed by atoms with van der Waals surface area (Å²) in [5.41, 5.74) is 4.00. The highest BCUT2D eigenvalue weighted by Crippen LogP contribution is 2.07. The maximum absolute atomic E-state index is 2.25. The van der Waals surface area contributed by atoms with Crippen molar-refractivity contribution in [1.29, 1.82) is 0 Å². The van der Waals surface area contributed by atoms with Crippen LogP contribution in [0.3, 0.4) is 0 Å². The van der Waals surface area contributed by atoms with E-state index in [1.807, 2.05) is 0 Å². The average Bonchev–Trinajstić information content (AvgIpc) is 2.38. The van der Waals surface area contributed by atoms with E-state index in [2.05, 4.69) is 73.7 Å². The second-order valence-corrected chi connectivity index (χ2v) is 4.34. The molecule has 2 aromatic carbocycles. The molecule has 86 valence electrons. The van der Waals surface area contributed by atoms with Gasteiger partial charge in [-0.15, -0.1) is 0 Å². The van der Waals surface area contributed by atoms with Crippen molar-refractivity contribution < 1.29 is 0 Å². The predicted octanol–water partition coefficient (Wildman–Crippen LogP) is 4.64. The Hall–Kier alpha value is -1.82. The van der Waals surface area contributed by atoms with E-state index in [4.69, 9.17) is 0 Å². The van der Waals surface area contributed by atoms with Crippen molar-refractivity contribution in [2.45, 2.75) is 19.8 Å². The summed E-state index contributed by atoms with van der Waals surface area (Å²) >= 11 is 0. The number of hydrogen-bond donors (Lipinski definition) is 0. The monoisotopic (exact) mass is 222 g/mol. The Bertz CT molecular complexity index is 463. The van der Waals surface area contributed by atoms with Crippen LogP contribution in [0.15, 0.2) is 60.7 Å². The molecule has 0 aromatic heterocycles. The molecule has 0 heteroatoms. The summed E-state index contributed by atoms with van der Waals surface area (Å²) in [6.07, 6.45) is 6.65. The Balaban J connectivity index is 1.84. The van der Waals surface area contributed by atoms with Crippen molar-refractivity contribution >= 4 is 6.08 Å². The van der Waals surface area contributed by atoms with Gasteiger partial charge in [0.25, 0.3) is 0 Å². The van der Waals surface area contributed by atoms with E-state index in [9.17, 15) is 0 Å². The molecule has 0 saturated heterocycles. The summed E-state index contributed by atoms with van der Waals surface area (Å²) in [4.78, 5) is 0. The number of hydrogen-bond acceptors (Lipinski definition) is 0. The molecule has 0 unspecified atom stereocenters. The molecule has 2 aromatic rings. The van der Waals surface area contributed by atoms with Crippen LogP contribution in [0, 0.1) is 6.92 Å². The second kappa shape index (κ2) is 6.05. The minimum Gasteiger partial charge on any atom is -0.0836 e. The van der Waals surface area contributed by atoms with Crippen LogP contribution >= 0.6 is 0 Å². The lowest BCUT2D eigenvalue weighted by Gasteiger charge is -1.97. The fourth-order valence-corrected chi connectivity index (χ4v) is 1.79. The Kier molecular flexibility index (Phi) is 4.15. The van der Waals surface area contributed by atoms with Gasteiger partial charge in [0.05, 0.1) is 0 Å². The Morgan fingerprint density at radius 2 is 1.59 bits per heavy atom. The molecule has 0 bridgehead atoms. The molecule has 0 aliphatic carbocycles. The maximum atomic E-state index is 2.25. The first-order chi connectivity index (χ1) is 8.34. The summed E-state index contributed by atoms with van der Waals surface area (Å²) in [6.45, 7) is 2.11. The van der Waals surface area contributed by atoms with Gasteiger partial charge in [-0.3, -0.25) is 0 Å². The smallest absolute Gasteiger partial charge is 0.0244 e. The lowest BCUT2D eigenvalue weighted by molar-refractivity contribution is 1.01. The molecule has 0 aliphatic heterocycles. The van der Waals surface area contributed by atoms with Gasteiger partial charge in [0, 0.05) is 0 Å². The van der Waals surface area contributed by atoms with Crippen LogP contribution in [0.25, 0.3) is 6.08 Å². The van der Waals surface area contributed by atoms with Gasteiger partial charge >= 0.3 is 0 Å². The van der Waals surface area contributed by atoms with Crippen LogP contribution in [0.1, 0.15) is 23.1 Å². The lowest BCUT2D eigenvalue weighted by Crippen LogP contribution is -1.81. The van der Waals surface area contributed by atoms with E-state index in [1.165, 1.54) is 16.7 Å². The van der Waals surface area contributed by atoms with Gasteiger partial charge in [-0.2, -0.15) is 0 Å². The largest absolute Gasteiger partial charge is 0.0836 e. The van der Waals surface area contributed by atoms with Gasteiger partial charge in [-0.1, -0.05) is 72.3 Å². The van der Waals surface area contributed by atoms with Crippen molar-refractivity contribution in [2.75, 3.05) is 0 Å². The molecule has 0 saturated carbocycles. The molecule has 0 fully saturated rings. The lowest BCUT2D eigenvalue weighted by atomic mass is 10.1. The molecule has 0 spiro atoms. The standard InChI is InChI=1S/C17H18/c1-15-11-13-17(14-12-15)10-6-5-9-16-7-3-2-4-8-16/h2-4,6-8,10-14H,5,9H2,1H3. The van der Waals surface area contributed by atoms with Crippen molar-refractivity contribution in [3.05, 3.63) is 77.4 Å². The SMILES string of the molecule is Cc1ccc(C=CCCc2ccccc2)cc1. The normalized spacial score (nSPS) is 10.9. The van der Waals surface area contributed by atoms with Crippen LogP contribution in [0.2, 0.25) is 0 Å². The predicted molar refractivity (Wildman–Crippen MR) is 75.0 cm³/mol. The summed E-state index contributed by atoms with van der Waals surface area (Å²) < 4.78 is 0. The molecule has 0 nitrogen and oxygen atoms in total. The van der Waals surface area contributed by atoms with Crippen molar-refractivity contribution in [1.82, 2.24) is 0 Å². The van der Waals surface area contributed by atoms with E-state index >= 15 is 0 Å². The number of benzene rings is 2. The molecule has 0 aliphatic rings. The molecule has 0 atom stereocenters. The van der Waals surface area contributed by atoms with Crippen molar-refractivity contribution in [3.8, 4) is 0 Å². The highest BCUT2D eigenvalue weighted by atomic mass is 13.9. The van der Waals surface area contributed by atoms with E-state index in [-0.39, 0.29) is 0 Å². The maximum Gasteiger partial charge on any atom is -0.0244 e. The van der Waals surface area contributed by atoms with Crippen molar-refractivity contribution in [2.24, 2.45) is 0 Å². The zero-order chi connectivity index (χ0) is 11.9. The van der Waals surface area contributed by atoms with Crippen LogP contribution in [0.4, 0.5) is 0 Å². The minimum atomic E-state index is 1.10. The Morgan fingerprint density at radius 3 is 2.29 bits per heavy atom. The molecular formula is C17H18. The van der Waals surface area contributed by atoms with E-state index in [0.717, 1.165) is 12.8 Å². The van der Waals surface area contributed by atoms with Gasteiger partial charge in [0.2, 0.25) is 0 Å². The third kappa shape index (κ3) is 3.92. The summed E-state index contributed by atoms with van der Waals surface area (Å²) in [5.74, 6) is 0. The summed E-state index contributed by atoms with van der Waals surface area (Å²) in [5, 5.41) is 0. The van der Waals surface area contributed by atoms with E-state index in [0.29, 0.717) is 0 Å². The number of aryl methyl sites for hydroxylation is 2. The first-order valence-electron chi connectivity index (χ1n) is 6.12. The first kappa shape index (κ1) is 11.7. The van der Waals surface area contributed by atoms with Crippen LogP contribution in [-0.4, -0.2) is 0 Å². The Labute approximate surface area is 104 Å². The van der Waals surface area contributed by atoms with Gasteiger partial charge in [0.1, 0.15) is 0 Å². The van der Waals surface area contributed by atoms with Crippen LogP contribution in [0.5, 0.6) is 0 Å². The van der Waals surface area contributed by atoms with E-state index in [1.54, 1.807) is 0 Å². The molecule has 17 heavy (non-hydrogen) atoms. The summed E-state index contributed by atoms with van der Waals surface area (Å²) in [7, 11) is 0. The molecule has 0 radical (unpaired) electrons. The highest BCUT2D eigenvalue weighted by Gasteiger charge is 1.89. The van der Waals surface area contributed by atoms with E-state index < -0.39 is 0 Å². The third-order valence-corrected chi connectivity index (χ3v) is 2.83. The highest BCUT2D eigenvalue weighted by molar-refractivity contribution is 5.49. The molecule has 0 amide bonds. The summed E-state index contributed by atoms with van der Waals surface area (Å²) in [6, 6.07) is 19.2. The molecule has 0 N–H and O–H groups in total. The zero-order valence-electron chi connectivity index (χ0n) is 10.3. The van der Waals surface area contributed by atoms with Crippen LogP contribution < -0.4 is 0 Å². The quantitative estimate of drug-likeness (QED) is 0.707. The molecule has 0 heterocycles. The van der Waals surface area contributed by atoms with Crippen molar-refractivity contribution in [3.63, 3.8) is 0 Å². The minimum absolute atomic E-state index is 1.10. The first-order valence-corrected chi connectivity index (χ1v) is 6.12. The van der Waals surface area contributed by atoms with Crippen LogP contribution in [-0.2, 0) is 6.42 Å². The fourth-order valence-electron chi connectivity index (χ4n) is 1.79. The van der Waals surface area contributed by atoms with Gasteiger partial charge in [0.15, 0.2) is 0 Å². The van der Waals surface area contributed by atoms with Gasteiger partial charge in [-0.25, -0.2) is 0 Å². The molecular weight excluding hydrogens is 204 g/mol. The topological polar surface area (TPSA) is 0 Å². The fraction of sp³-hybridized carbons (Fsp3) is 0.176. The second-order valence-electron chi connectivity index (χ2n) is 4.34.